The van der Waals surface area contributed by atoms with Gasteiger partial charge in [-0.25, -0.2) is 8.42 Å². The molecule has 1 fully saturated rings. The summed E-state index contributed by atoms with van der Waals surface area (Å²) in [6, 6.07) is 5.72. The second-order valence-corrected chi connectivity index (χ2v) is 8.44. The van der Waals surface area contributed by atoms with Crippen LogP contribution in [0.3, 0.4) is 0 Å². The SMILES string of the molecule is Nc1ccc(N2CCCS(=O)(=O)CC2)c2ncc(Br)cc12. The predicted octanol–water partition coefficient (Wildman–Crippen LogP) is 2.20. The lowest BCUT2D eigenvalue weighted by Gasteiger charge is -2.23. The highest BCUT2D eigenvalue weighted by Gasteiger charge is 2.21. The fraction of sp³-hybridized carbons (Fsp3) is 0.357. The van der Waals surface area contributed by atoms with Gasteiger partial charge in [0.05, 0.1) is 22.7 Å². The molecule has 3 rings (SSSR count). The van der Waals surface area contributed by atoms with Gasteiger partial charge in [-0.05, 0) is 40.5 Å². The minimum absolute atomic E-state index is 0.190. The van der Waals surface area contributed by atoms with E-state index < -0.39 is 9.84 Å². The summed E-state index contributed by atoms with van der Waals surface area (Å²) in [5, 5.41) is 0.883. The molecular weight excluding hydrogens is 354 g/mol. The average molecular weight is 370 g/mol. The highest BCUT2D eigenvalue weighted by atomic mass is 79.9. The fourth-order valence-corrected chi connectivity index (χ4v) is 4.24. The van der Waals surface area contributed by atoms with Crippen LogP contribution in [0.2, 0.25) is 0 Å². The molecule has 1 aromatic carbocycles. The van der Waals surface area contributed by atoms with Gasteiger partial charge in [-0.15, -0.1) is 0 Å². The third-order valence-electron chi connectivity index (χ3n) is 3.72. The molecule has 1 aromatic heterocycles. The number of fused-ring (bicyclic) bond motifs is 1. The zero-order valence-corrected chi connectivity index (χ0v) is 13.8. The van der Waals surface area contributed by atoms with E-state index in [-0.39, 0.29) is 11.5 Å². The van der Waals surface area contributed by atoms with E-state index >= 15 is 0 Å². The van der Waals surface area contributed by atoms with Crippen molar-refractivity contribution in [2.75, 3.05) is 35.2 Å². The van der Waals surface area contributed by atoms with Crippen molar-refractivity contribution in [3.05, 3.63) is 28.9 Å². The van der Waals surface area contributed by atoms with Crippen molar-refractivity contribution < 1.29 is 8.42 Å². The predicted molar refractivity (Wildman–Crippen MR) is 89.3 cm³/mol. The van der Waals surface area contributed by atoms with Crippen molar-refractivity contribution in [1.29, 1.82) is 0 Å². The number of pyridine rings is 1. The Morgan fingerprint density at radius 2 is 2.05 bits per heavy atom. The van der Waals surface area contributed by atoms with Gasteiger partial charge in [-0.1, -0.05) is 0 Å². The van der Waals surface area contributed by atoms with E-state index in [0.29, 0.717) is 18.7 Å². The minimum Gasteiger partial charge on any atom is -0.398 e. The first-order chi connectivity index (χ1) is 9.96. The summed E-state index contributed by atoms with van der Waals surface area (Å²) >= 11 is 3.40. The number of nitrogens with zero attached hydrogens (tertiary/aromatic N) is 2. The van der Waals surface area contributed by atoms with Crippen molar-refractivity contribution in [2.24, 2.45) is 0 Å². The third-order valence-corrected chi connectivity index (χ3v) is 5.87. The van der Waals surface area contributed by atoms with Gasteiger partial charge in [-0.2, -0.15) is 0 Å². The maximum absolute atomic E-state index is 11.7. The van der Waals surface area contributed by atoms with Crippen LogP contribution in [0.15, 0.2) is 28.9 Å². The molecule has 1 aliphatic heterocycles. The topological polar surface area (TPSA) is 76.3 Å². The van der Waals surface area contributed by atoms with Crippen LogP contribution in [0.1, 0.15) is 6.42 Å². The number of benzene rings is 1. The van der Waals surface area contributed by atoms with Crippen LogP contribution in [0, 0.1) is 0 Å². The first kappa shape index (κ1) is 14.6. The molecule has 2 N–H and O–H groups in total. The highest BCUT2D eigenvalue weighted by molar-refractivity contribution is 9.10. The van der Waals surface area contributed by atoms with Gasteiger partial charge < -0.3 is 10.6 Å². The smallest absolute Gasteiger partial charge is 0.152 e. The van der Waals surface area contributed by atoms with Crippen LogP contribution < -0.4 is 10.6 Å². The quantitative estimate of drug-likeness (QED) is 0.779. The second-order valence-electron chi connectivity index (χ2n) is 5.22. The van der Waals surface area contributed by atoms with E-state index in [4.69, 9.17) is 5.73 Å². The normalized spacial score (nSPS) is 18.6. The standard InChI is InChI=1S/C14H16BrN3O2S/c15-10-8-11-12(16)2-3-13(14(11)17-9-10)18-4-1-6-21(19,20)7-5-18/h2-3,8-9H,1,4-7,16H2. The van der Waals surface area contributed by atoms with Crippen LogP contribution in [0.25, 0.3) is 10.9 Å². The number of hydrogen-bond donors (Lipinski definition) is 1. The van der Waals surface area contributed by atoms with E-state index in [9.17, 15) is 8.42 Å². The number of halogens is 1. The first-order valence-corrected chi connectivity index (χ1v) is 9.37. The third kappa shape index (κ3) is 2.98. The Morgan fingerprint density at radius 1 is 1.24 bits per heavy atom. The fourth-order valence-electron chi connectivity index (χ4n) is 2.64. The van der Waals surface area contributed by atoms with E-state index in [1.165, 1.54) is 0 Å². The molecule has 0 aliphatic carbocycles. The van der Waals surface area contributed by atoms with Gasteiger partial charge in [0.1, 0.15) is 0 Å². The van der Waals surface area contributed by atoms with Crippen LogP contribution >= 0.6 is 15.9 Å². The maximum Gasteiger partial charge on any atom is 0.152 e. The van der Waals surface area contributed by atoms with Gasteiger partial charge in [0.15, 0.2) is 9.84 Å². The monoisotopic (exact) mass is 369 g/mol. The van der Waals surface area contributed by atoms with E-state index in [0.717, 1.165) is 27.6 Å². The molecule has 0 unspecified atom stereocenters. The number of hydrogen-bond acceptors (Lipinski definition) is 5. The summed E-state index contributed by atoms with van der Waals surface area (Å²) in [6.45, 7) is 1.22. The number of aromatic nitrogens is 1. The Bertz CT molecular complexity index is 792. The Kier molecular flexibility index (Phi) is 3.79. The summed E-state index contributed by atoms with van der Waals surface area (Å²) in [5.41, 5.74) is 8.46. The molecule has 1 saturated heterocycles. The number of nitrogen functional groups attached to an aromatic ring is 1. The van der Waals surface area contributed by atoms with Crippen molar-refractivity contribution in [3.8, 4) is 0 Å². The van der Waals surface area contributed by atoms with E-state index in [1.807, 2.05) is 18.2 Å². The van der Waals surface area contributed by atoms with Crippen LogP contribution in [-0.2, 0) is 9.84 Å². The average Bonchev–Trinajstić information content (AvgIpc) is 2.61. The Balaban J connectivity index is 2.06. The van der Waals surface area contributed by atoms with E-state index in [2.05, 4.69) is 25.8 Å². The van der Waals surface area contributed by atoms with Gasteiger partial charge in [-0.3, -0.25) is 4.98 Å². The second kappa shape index (κ2) is 5.46. The van der Waals surface area contributed by atoms with Gasteiger partial charge in [0, 0.05) is 34.8 Å². The largest absolute Gasteiger partial charge is 0.398 e. The zero-order chi connectivity index (χ0) is 15.0. The Morgan fingerprint density at radius 3 is 2.86 bits per heavy atom. The summed E-state index contributed by atoms with van der Waals surface area (Å²) in [4.78, 5) is 6.56. The molecule has 2 heterocycles. The Hall–Kier alpha value is -1.34. The van der Waals surface area contributed by atoms with Gasteiger partial charge in [0.25, 0.3) is 0 Å². The molecule has 0 atom stereocenters. The maximum atomic E-state index is 11.7. The lowest BCUT2D eigenvalue weighted by Crippen LogP contribution is -2.27. The summed E-state index contributed by atoms with van der Waals surface area (Å²) in [7, 11) is -2.92. The Labute approximate surface area is 132 Å². The van der Waals surface area contributed by atoms with Crippen molar-refractivity contribution in [1.82, 2.24) is 4.98 Å². The molecule has 5 nitrogen and oxygen atoms in total. The first-order valence-electron chi connectivity index (χ1n) is 6.75. The number of nitrogens with two attached hydrogens (primary N) is 1. The van der Waals surface area contributed by atoms with Crippen LogP contribution in [0.4, 0.5) is 11.4 Å². The summed E-state index contributed by atoms with van der Waals surface area (Å²) < 4.78 is 24.4. The summed E-state index contributed by atoms with van der Waals surface area (Å²) in [6.07, 6.45) is 2.38. The van der Waals surface area contributed by atoms with E-state index in [1.54, 1.807) is 6.20 Å². The highest BCUT2D eigenvalue weighted by Crippen LogP contribution is 2.31. The molecule has 21 heavy (non-hydrogen) atoms. The number of rotatable bonds is 1. The lowest BCUT2D eigenvalue weighted by atomic mass is 10.1. The molecule has 2 aromatic rings. The zero-order valence-electron chi connectivity index (χ0n) is 11.4. The molecular formula is C14H16BrN3O2S. The van der Waals surface area contributed by atoms with Crippen molar-refractivity contribution in [3.63, 3.8) is 0 Å². The van der Waals surface area contributed by atoms with Crippen LogP contribution in [-0.4, -0.2) is 38.0 Å². The molecule has 0 amide bonds. The number of anilines is 2. The number of sulfone groups is 1. The van der Waals surface area contributed by atoms with Crippen molar-refractivity contribution >= 4 is 48.0 Å². The minimum atomic E-state index is -2.92. The molecule has 7 heteroatoms. The molecule has 1 aliphatic rings. The molecule has 0 bridgehead atoms. The van der Waals surface area contributed by atoms with Crippen LogP contribution in [0.5, 0.6) is 0 Å². The summed E-state index contributed by atoms with van der Waals surface area (Å²) in [5.74, 6) is 0.449. The molecule has 0 saturated carbocycles. The van der Waals surface area contributed by atoms with Gasteiger partial charge in [0.2, 0.25) is 0 Å². The lowest BCUT2D eigenvalue weighted by molar-refractivity contribution is 0.597. The molecule has 112 valence electrons. The molecule has 0 radical (unpaired) electrons. The van der Waals surface area contributed by atoms with Crippen molar-refractivity contribution in [2.45, 2.75) is 6.42 Å². The molecule has 0 spiro atoms. The van der Waals surface area contributed by atoms with Gasteiger partial charge >= 0.3 is 0 Å².